The van der Waals surface area contributed by atoms with Crippen molar-refractivity contribution < 1.29 is 14.3 Å². The average molecular weight is 500 g/mol. The van der Waals surface area contributed by atoms with Gasteiger partial charge in [0.2, 0.25) is 5.95 Å². The van der Waals surface area contributed by atoms with Crippen molar-refractivity contribution in [2.24, 2.45) is 5.73 Å². The van der Waals surface area contributed by atoms with Gasteiger partial charge in [0, 0.05) is 37.2 Å². The van der Waals surface area contributed by atoms with Gasteiger partial charge in [-0.2, -0.15) is 4.98 Å². The van der Waals surface area contributed by atoms with Gasteiger partial charge >= 0.3 is 0 Å². The third-order valence-electron chi connectivity index (χ3n) is 6.58. The Kier molecular flexibility index (Phi) is 6.60. The molecule has 37 heavy (non-hydrogen) atoms. The van der Waals surface area contributed by atoms with Crippen molar-refractivity contribution in [1.82, 2.24) is 19.9 Å². The molecule has 2 aromatic heterocycles. The molecular formula is C27H29N7O3. The lowest BCUT2D eigenvalue weighted by Gasteiger charge is -2.50. The van der Waals surface area contributed by atoms with E-state index in [1.54, 1.807) is 19.4 Å². The van der Waals surface area contributed by atoms with Crippen molar-refractivity contribution in [2.45, 2.75) is 24.7 Å². The maximum absolute atomic E-state index is 12.0. The van der Waals surface area contributed by atoms with Crippen LogP contribution in [0.1, 0.15) is 23.3 Å². The monoisotopic (exact) mass is 499 g/mol. The minimum atomic E-state index is -0.625. The fourth-order valence-corrected chi connectivity index (χ4v) is 4.41. The molecule has 0 saturated heterocycles. The van der Waals surface area contributed by atoms with Crippen molar-refractivity contribution in [3.63, 3.8) is 0 Å². The van der Waals surface area contributed by atoms with E-state index in [0.29, 0.717) is 23.0 Å². The number of ether oxygens (including phenoxy) is 2. The van der Waals surface area contributed by atoms with Crippen LogP contribution in [0.4, 0.5) is 23.1 Å². The topological polar surface area (TPSA) is 128 Å². The summed E-state index contributed by atoms with van der Waals surface area (Å²) in [7, 11) is 5.77. The maximum Gasteiger partial charge on any atom is 0.269 e. The van der Waals surface area contributed by atoms with Crippen LogP contribution in [-0.4, -0.2) is 58.8 Å². The number of primary amides is 1. The van der Waals surface area contributed by atoms with Gasteiger partial charge in [0.25, 0.3) is 5.91 Å². The zero-order chi connectivity index (χ0) is 26.0. The van der Waals surface area contributed by atoms with E-state index in [1.807, 2.05) is 68.7 Å². The Hall–Kier alpha value is -4.28. The molecule has 2 heterocycles. The summed E-state index contributed by atoms with van der Waals surface area (Å²) in [5, 5.41) is 7.21. The van der Waals surface area contributed by atoms with Gasteiger partial charge in [-0.05, 0) is 56.6 Å². The number of carbonyl (C=O) groups is 1. The first kappa shape index (κ1) is 24.4. The number of pyridine rings is 1. The highest BCUT2D eigenvalue weighted by atomic mass is 16.5. The van der Waals surface area contributed by atoms with E-state index < -0.39 is 5.91 Å². The number of hydrogen-bond donors (Lipinski definition) is 3. The van der Waals surface area contributed by atoms with E-state index in [2.05, 4.69) is 30.5 Å². The molecule has 1 fully saturated rings. The summed E-state index contributed by atoms with van der Waals surface area (Å²) in [4.78, 5) is 27.3. The van der Waals surface area contributed by atoms with Crippen molar-refractivity contribution in [1.29, 1.82) is 0 Å². The van der Waals surface area contributed by atoms with Crippen LogP contribution < -0.4 is 21.1 Å². The highest BCUT2D eigenvalue weighted by molar-refractivity contribution is 6.00. The van der Waals surface area contributed by atoms with Crippen LogP contribution in [0.5, 0.6) is 5.75 Å². The van der Waals surface area contributed by atoms with E-state index in [9.17, 15) is 4.79 Å². The summed E-state index contributed by atoms with van der Waals surface area (Å²) < 4.78 is 11.8. The quantitative estimate of drug-likeness (QED) is 0.292. The molecule has 1 amide bonds. The molecule has 0 aliphatic heterocycles. The number of methoxy groups -OCH3 is 1. The molecule has 5 rings (SSSR count). The van der Waals surface area contributed by atoms with E-state index in [-0.39, 0.29) is 17.5 Å². The number of fused-ring (bicyclic) bond motifs is 1. The lowest BCUT2D eigenvalue weighted by atomic mass is 9.83. The minimum Gasteiger partial charge on any atom is -0.490 e. The second-order valence-corrected chi connectivity index (χ2v) is 9.17. The number of nitrogens with two attached hydrogens (primary N) is 1. The second-order valence-electron chi connectivity index (χ2n) is 9.17. The number of amides is 1. The van der Waals surface area contributed by atoms with Crippen molar-refractivity contribution in [3.05, 3.63) is 72.6 Å². The molecule has 190 valence electrons. The molecule has 0 atom stereocenters. The van der Waals surface area contributed by atoms with E-state index in [4.69, 9.17) is 15.2 Å². The maximum atomic E-state index is 12.0. The number of anilines is 4. The number of nitrogens with one attached hydrogen (secondary N) is 2. The fourth-order valence-electron chi connectivity index (χ4n) is 4.41. The predicted molar refractivity (Wildman–Crippen MR) is 142 cm³/mol. The first-order chi connectivity index (χ1) is 17.8. The molecule has 10 nitrogen and oxygen atoms in total. The largest absolute Gasteiger partial charge is 0.490 e. The minimum absolute atomic E-state index is 0.113. The molecular weight excluding hydrogens is 470 g/mol. The lowest BCUT2D eigenvalue weighted by molar-refractivity contribution is -0.204. The standard InChI is InChI=1S/C27H29N7O3/c1-34(2)27(36-3)15-20(16-27)37-19-10-8-18(9-11-19)30-26-29-13-12-23(33-26)31-22-14-17-6-4-5-7-21(17)32-24(22)25(28)35/h4-14,20H,15-16H2,1-3H3,(H2,28,35)(H2,29,30,31,33). The molecule has 0 radical (unpaired) electrons. The summed E-state index contributed by atoms with van der Waals surface area (Å²) >= 11 is 0. The predicted octanol–water partition coefficient (Wildman–Crippen LogP) is 4.06. The SMILES string of the molecule is COC1(N(C)C)CC(Oc2ccc(Nc3nccc(Nc4cc5ccccc5nc4C(N)=O)n3)cc2)C1. The lowest BCUT2D eigenvalue weighted by Crippen LogP contribution is -2.59. The summed E-state index contributed by atoms with van der Waals surface area (Å²) in [5.41, 5.74) is 7.44. The van der Waals surface area contributed by atoms with E-state index in [0.717, 1.165) is 29.7 Å². The Bertz CT molecular complexity index is 1420. The zero-order valence-electron chi connectivity index (χ0n) is 20.9. The van der Waals surface area contributed by atoms with Crippen LogP contribution in [-0.2, 0) is 4.74 Å². The Morgan fingerprint density at radius 3 is 2.51 bits per heavy atom. The summed E-state index contributed by atoms with van der Waals surface area (Å²) in [5.74, 6) is 1.05. The number of aromatic nitrogens is 3. The summed E-state index contributed by atoms with van der Waals surface area (Å²) in [6, 6.07) is 18.7. The number of nitrogens with zero attached hydrogens (tertiary/aromatic N) is 4. The summed E-state index contributed by atoms with van der Waals surface area (Å²) in [6.07, 6.45) is 3.36. The first-order valence-corrected chi connectivity index (χ1v) is 11.9. The number of benzene rings is 2. The Balaban J connectivity index is 1.25. The fraction of sp³-hybridized carbons (Fsp3) is 0.259. The molecule has 1 aliphatic carbocycles. The molecule has 4 N–H and O–H groups in total. The van der Waals surface area contributed by atoms with Gasteiger partial charge in [0.05, 0.1) is 11.2 Å². The van der Waals surface area contributed by atoms with Gasteiger partial charge in [-0.15, -0.1) is 0 Å². The van der Waals surface area contributed by atoms with E-state index in [1.165, 1.54) is 0 Å². The average Bonchev–Trinajstić information content (AvgIpc) is 2.86. The van der Waals surface area contributed by atoms with Gasteiger partial charge in [-0.3, -0.25) is 9.69 Å². The normalized spacial score (nSPS) is 18.9. The van der Waals surface area contributed by atoms with Crippen molar-refractivity contribution in [2.75, 3.05) is 31.8 Å². The molecule has 10 heteroatoms. The van der Waals surface area contributed by atoms with Gasteiger partial charge in [-0.25, -0.2) is 9.97 Å². The number of para-hydroxylation sites is 1. The number of hydrogen-bond acceptors (Lipinski definition) is 9. The molecule has 0 bridgehead atoms. The second kappa shape index (κ2) is 10.00. The molecule has 1 aliphatic rings. The van der Waals surface area contributed by atoms with Crippen LogP contribution in [0.3, 0.4) is 0 Å². The van der Waals surface area contributed by atoms with Crippen LogP contribution in [0, 0.1) is 0 Å². The molecule has 4 aromatic rings. The third-order valence-corrected chi connectivity index (χ3v) is 6.58. The van der Waals surface area contributed by atoms with Crippen LogP contribution >= 0.6 is 0 Å². The van der Waals surface area contributed by atoms with Gasteiger partial charge < -0.3 is 25.8 Å². The molecule has 0 unspecified atom stereocenters. The molecule has 0 spiro atoms. The van der Waals surface area contributed by atoms with Gasteiger partial charge in [0.1, 0.15) is 23.4 Å². The number of rotatable bonds is 9. The molecule has 2 aromatic carbocycles. The third kappa shape index (κ3) is 5.16. The first-order valence-electron chi connectivity index (χ1n) is 11.9. The van der Waals surface area contributed by atoms with Crippen LogP contribution in [0.15, 0.2) is 66.9 Å². The Morgan fingerprint density at radius 1 is 1.05 bits per heavy atom. The van der Waals surface area contributed by atoms with Crippen LogP contribution in [0.25, 0.3) is 10.9 Å². The van der Waals surface area contributed by atoms with Crippen molar-refractivity contribution >= 4 is 40.0 Å². The van der Waals surface area contributed by atoms with Crippen LogP contribution in [0.2, 0.25) is 0 Å². The Labute approximate surface area is 214 Å². The highest BCUT2D eigenvalue weighted by Gasteiger charge is 2.48. The highest BCUT2D eigenvalue weighted by Crippen LogP contribution is 2.39. The Morgan fingerprint density at radius 2 is 1.81 bits per heavy atom. The van der Waals surface area contributed by atoms with Crippen molar-refractivity contribution in [3.8, 4) is 5.75 Å². The summed E-state index contributed by atoms with van der Waals surface area (Å²) in [6.45, 7) is 0. The smallest absolute Gasteiger partial charge is 0.269 e. The molecule has 1 saturated carbocycles. The number of carbonyl (C=O) groups excluding carboxylic acids is 1. The van der Waals surface area contributed by atoms with Gasteiger partial charge in [0.15, 0.2) is 5.69 Å². The zero-order valence-corrected chi connectivity index (χ0v) is 20.9. The van der Waals surface area contributed by atoms with Gasteiger partial charge in [-0.1, -0.05) is 18.2 Å². The van der Waals surface area contributed by atoms with E-state index >= 15 is 0 Å².